The van der Waals surface area contributed by atoms with E-state index in [0.29, 0.717) is 27.3 Å². The van der Waals surface area contributed by atoms with Gasteiger partial charge in [-0.1, -0.05) is 40.9 Å². The van der Waals surface area contributed by atoms with Gasteiger partial charge in [-0.25, -0.2) is 8.42 Å². The van der Waals surface area contributed by atoms with Gasteiger partial charge in [-0.2, -0.15) is 5.26 Å². The van der Waals surface area contributed by atoms with Gasteiger partial charge < -0.3 is 4.57 Å². The van der Waals surface area contributed by atoms with E-state index >= 15 is 0 Å². The fourth-order valence-electron chi connectivity index (χ4n) is 2.58. The van der Waals surface area contributed by atoms with Crippen molar-refractivity contribution in [1.82, 2.24) is 4.57 Å². The molecule has 3 rings (SSSR count). The summed E-state index contributed by atoms with van der Waals surface area (Å²) in [7, 11) is -3.96. The number of sulfone groups is 1. The summed E-state index contributed by atoms with van der Waals surface area (Å²) in [5.74, 6) is 0. The molecule has 0 saturated heterocycles. The fourth-order valence-corrected chi connectivity index (χ4v) is 4.32. The highest BCUT2D eigenvalue weighted by molar-refractivity contribution is 7.95. The lowest BCUT2D eigenvalue weighted by Crippen LogP contribution is -2.05. The molecule has 0 amide bonds. The van der Waals surface area contributed by atoms with Crippen LogP contribution in [0.5, 0.6) is 0 Å². The summed E-state index contributed by atoms with van der Waals surface area (Å²) in [6.07, 6.45) is 3.12. The Balaban J connectivity index is 1.97. The van der Waals surface area contributed by atoms with E-state index in [4.69, 9.17) is 34.8 Å². The molecule has 0 radical (unpaired) electrons. The molecule has 3 aromatic rings. The highest BCUT2D eigenvalue weighted by Crippen LogP contribution is 2.25. The van der Waals surface area contributed by atoms with Gasteiger partial charge in [0, 0.05) is 33.5 Å². The van der Waals surface area contributed by atoms with Crippen molar-refractivity contribution in [3.05, 3.63) is 92.0 Å². The van der Waals surface area contributed by atoms with Gasteiger partial charge in [-0.15, -0.1) is 0 Å². The molecule has 2 aromatic carbocycles. The summed E-state index contributed by atoms with van der Waals surface area (Å²) in [5, 5.41) is 10.9. The molecule has 0 saturated carbocycles. The minimum absolute atomic E-state index is 0.00329. The van der Waals surface area contributed by atoms with Crippen LogP contribution in [0.1, 0.15) is 11.3 Å². The molecule has 0 N–H and O–H groups in total. The molecule has 1 heterocycles. The number of halogens is 3. The summed E-state index contributed by atoms with van der Waals surface area (Å²) < 4.78 is 27.4. The van der Waals surface area contributed by atoms with Crippen molar-refractivity contribution in [3.8, 4) is 6.07 Å². The largest absolute Gasteiger partial charge is 0.343 e. The van der Waals surface area contributed by atoms with Gasteiger partial charge in [0.2, 0.25) is 9.84 Å². The van der Waals surface area contributed by atoms with Crippen LogP contribution in [0, 0.1) is 11.3 Å². The molecule has 0 atom stereocenters. The van der Waals surface area contributed by atoms with E-state index in [1.54, 1.807) is 47.2 Å². The van der Waals surface area contributed by atoms with E-state index in [0.717, 1.165) is 5.56 Å². The number of benzene rings is 2. The average Bonchev–Trinajstić information content (AvgIpc) is 3.09. The molecule has 142 valence electrons. The second-order valence-corrected chi connectivity index (χ2v) is 9.07. The number of nitriles is 1. The lowest BCUT2D eigenvalue weighted by molar-refractivity contribution is 0.603. The van der Waals surface area contributed by atoms with Crippen molar-refractivity contribution in [2.45, 2.75) is 11.4 Å². The third kappa shape index (κ3) is 4.43. The first kappa shape index (κ1) is 20.5. The van der Waals surface area contributed by atoms with Crippen LogP contribution in [0.3, 0.4) is 0 Å². The Morgan fingerprint density at radius 3 is 2.36 bits per heavy atom. The quantitative estimate of drug-likeness (QED) is 0.458. The maximum Gasteiger partial charge on any atom is 0.216 e. The zero-order valence-corrected chi connectivity index (χ0v) is 17.4. The van der Waals surface area contributed by atoms with Crippen LogP contribution in [-0.4, -0.2) is 13.0 Å². The smallest absolute Gasteiger partial charge is 0.216 e. The molecule has 28 heavy (non-hydrogen) atoms. The monoisotopic (exact) mass is 450 g/mol. The average molecular weight is 452 g/mol. The van der Waals surface area contributed by atoms with Crippen LogP contribution < -0.4 is 0 Å². The van der Waals surface area contributed by atoms with Crippen molar-refractivity contribution < 1.29 is 8.42 Å². The van der Waals surface area contributed by atoms with Gasteiger partial charge >= 0.3 is 0 Å². The molecule has 8 heteroatoms. The van der Waals surface area contributed by atoms with Gasteiger partial charge in [0.25, 0.3) is 0 Å². The van der Waals surface area contributed by atoms with Crippen molar-refractivity contribution in [3.63, 3.8) is 0 Å². The minimum atomic E-state index is -3.96. The number of rotatable bonds is 5. The molecule has 0 aliphatic heterocycles. The molecule has 0 aliphatic rings. The Kier molecular flexibility index (Phi) is 6.17. The number of allylic oxidation sites excluding steroid dienone is 1. The first-order chi connectivity index (χ1) is 13.3. The second-order valence-electron chi connectivity index (χ2n) is 5.87. The molecule has 4 nitrogen and oxygen atoms in total. The van der Waals surface area contributed by atoms with E-state index in [1.807, 2.05) is 0 Å². The van der Waals surface area contributed by atoms with Gasteiger partial charge in [-0.3, -0.25) is 0 Å². The summed E-state index contributed by atoms with van der Waals surface area (Å²) >= 11 is 18.0. The normalized spacial score (nSPS) is 12.0. The van der Waals surface area contributed by atoms with Crippen LogP contribution in [-0.2, 0) is 16.4 Å². The predicted molar refractivity (Wildman–Crippen MR) is 112 cm³/mol. The van der Waals surface area contributed by atoms with Crippen LogP contribution >= 0.6 is 34.8 Å². The van der Waals surface area contributed by atoms with Crippen molar-refractivity contribution in [1.29, 1.82) is 5.26 Å². The Bertz CT molecular complexity index is 1190. The Labute approximate surface area is 178 Å². The van der Waals surface area contributed by atoms with Crippen molar-refractivity contribution in [2.24, 2.45) is 0 Å². The third-order valence-corrected chi connectivity index (χ3v) is 6.54. The molecular formula is C20H13Cl3N2O2S. The molecular weight excluding hydrogens is 439 g/mol. The number of hydrogen-bond donors (Lipinski definition) is 0. The lowest BCUT2D eigenvalue weighted by Gasteiger charge is -2.10. The minimum Gasteiger partial charge on any atom is -0.343 e. The van der Waals surface area contributed by atoms with Crippen LogP contribution in [0.4, 0.5) is 0 Å². The summed E-state index contributed by atoms with van der Waals surface area (Å²) in [5.41, 5.74) is 1.37. The lowest BCUT2D eigenvalue weighted by atomic mass is 10.2. The number of hydrogen-bond acceptors (Lipinski definition) is 3. The second kappa shape index (κ2) is 8.42. The maximum atomic E-state index is 12.8. The highest BCUT2D eigenvalue weighted by atomic mass is 35.5. The first-order valence-electron chi connectivity index (χ1n) is 8.03. The Morgan fingerprint density at radius 1 is 1.04 bits per heavy atom. The van der Waals surface area contributed by atoms with E-state index < -0.39 is 9.84 Å². The molecule has 0 fully saturated rings. The van der Waals surface area contributed by atoms with E-state index in [2.05, 4.69) is 0 Å². The Hall–Kier alpha value is -2.23. The fraction of sp³-hybridized carbons (Fsp3) is 0.0500. The van der Waals surface area contributed by atoms with Crippen LogP contribution in [0.15, 0.2) is 70.6 Å². The molecule has 0 bridgehead atoms. The van der Waals surface area contributed by atoms with Crippen LogP contribution in [0.2, 0.25) is 15.1 Å². The summed E-state index contributed by atoms with van der Waals surface area (Å²) in [6, 6.07) is 16.1. The van der Waals surface area contributed by atoms with E-state index in [1.165, 1.54) is 30.3 Å². The Morgan fingerprint density at radius 2 is 1.71 bits per heavy atom. The van der Waals surface area contributed by atoms with E-state index in [-0.39, 0.29) is 9.80 Å². The zero-order valence-electron chi connectivity index (χ0n) is 14.3. The van der Waals surface area contributed by atoms with Gasteiger partial charge in [0.05, 0.1) is 4.90 Å². The number of nitrogens with zero attached hydrogens (tertiary/aromatic N) is 2. The number of aromatic nitrogens is 1. The topological polar surface area (TPSA) is 62.9 Å². The molecule has 0 spiro atoms. The maximum absolute atomic E-state index is 12.8. The third-order valence-electron chi connectivity index (χ3n) is 4.02. The standard InChI is InChI=1S/C20H13Cl3N2O2S/c21-15-5-7-18(8-6-15)28(26,27)19(12-24)11-17-2-1-9-25(17)13-14-3-4-16(22)10-20(14)23/h1-11H,13H2. The molecule has 1 aromatic heterocycles. The van der Waals surface area contributed by atoms with Crippen LogP contribution in [0.25, 0.3) is 6.08 Å². The van der Waals surface area contributed by atoms with Gasteiger partial charge in [-0.05, 0) is 60.2 Å². The summed E-state index contributed by atoms with van der Waals surface area (Å²) in [4.78, 5) is -0.361. The predicted octanol–water partition coefficient (Wildman–Crippen LogP) is 5.83. The van der Waals surface area contributed by atoms with Gasteiger partial charge in [0.1, 0.15) is 6.07 Å². The molecule has 0 unspecified atom stereocenters. The zero-order chi connectivity index (χ0) is 20.3. The summed E-state index contributed by atoms with van der Waals surface area (Å²) in [6.45, 7) is 0.397. The van der Waals surface area contributed by atoms with E-state index in [9.17, 15) is 13.7 Å². The highest BCUT2D eigenvalue weighted by Gasteiger charge is 2.21. The molecule has 0 aliphatic carbocycles. The van der Waals surface area contributed by atoms with Crippen molar-refractivity contribution >= 4 is 50.7 Å². The van der Waals surface area contributed by atoms with Gasteiger partial charge in [0.15, 0.2) is 4.91 Å². The van der Waals surface area contributed by atoms with Crippen molar-refractivity contribution in [2.75, 3.05) is 0 Å². The SMILES string of the molecule is N#CC(=Cc1cccn1Cc1ccc(Cl)cc1Cl)S(=O)(=O)c1ccc(Cl)cc1. The first-order valence-corrected chi connectivity index (χ1v) is 10.6.